The van der Waals surface area contributed by atoms with E-state index in [1.807, 2.05) is 0 Å². The summed E-state index contributed by atoms with van der Waals surface area (Å²) in [7, 11) is -1.74. The monoisotopic (exact) mass is 367 g/mol. The van der Waals surface area contributed by atoms with Crippen LogP contribution >= 0.6 is 11.0 Å². The van der Waals surface area contributed by atoms with Crippen molar-refractivity contribution >= 4 is 28.0 Å². The lowest BCUT2D eigenvalue weighted by atomic mass is 10.2. The lowest BCUT2D eigenvalue weighted by Gasteiger charge is -2.44. The number of fused-ring (bicyclic) bond motifs is 1. The molecule has 8 heteroatoms. The molecule has 1 unspecified atom stereocenters. The maximum atomic E-state index is 14.3. The van der Waals surface area contributed by atoms with Gasteiger partial charge in [-0.1, -0.05) is 24.3 Å². The number of nitrogens with one attached hydrogen (secondary N) is 1. The van der Waals surface area contributed by atoms with Gasteiger partial charge in [0.2, 0.25) is 0 Å². The van der Waals surface area contributed by atoms with Gasteiger partial charge in [-0.3, -0.25) is 13.4 Å². The van der Waals surface area contributed by atoms with Crippen molar-refractivity contribution in [1.29, 1.82) is 0 Å². The second kappa shape index (κ2) is 7.19. The Morgan fingerprint density at radius 2 is 1.64 bits per heavy atom. The van der Waals surface area contributed by atoms with Gasteiger partial charge < -0.3 is 10.4 Å². The molecule has 0 aliphatic carbocycles. The zero-order valence-corrected chi connectivity index (χ0v) is 14.7. The topological polar surface area (TPSA) is 79.2 Å². The largest absolute Gasteiger partial charge is 0.392 e. The molecule has 3 rings (SSSR count). The van der Waals surface area contributed by atoms with Crippen LogP contribution in [0.2, 0.25) is 0 Å². The van der Waals surface area contributed by atoms with Gasteiger partial charge in [-0.15, -0.1) is 0 Å². The summed E-state index contributed by atoms with van der Waals surface area (Å²) in [5.41, 5.74) is 1.23. The van der Waals surface area contributed by atoms with E-state index in [9.17, 15) is 18.6 Å². The number of hydrogen-bond donors (Lipinski definition) is 4. The predicted octanol–water partition coefficient (Wildman–Crippen LogP) is 3.33. The standard InChI is InChI=1S/C17H22FN3O3S/c1-19-12-13(22)10-11-20-16-8-4-5-9-17(16)21(25(20,23)24)15-7-3-2-6-14(15)18/h2-9,13,19,22-24H,10-12H2,1H3. The zero-order chi connectivity index (χ0) is 18.0. The Balaban J connectivity index is 1.97. The lowest BCUT2D eigenvalue weighted by molar-refractivity contribution is 0.167. The number of halogens is 1. The Hall–Kier alpha value is -1.84. The van der Waals surface area contributed by atoms with Crippen LogP contribution in [0.4, 0.5) is 21.5 Å². The first-order valence-electron chi connectivity index (χ1n) is 7.99. The number of anilines is 3. The van der Waals surface area contributed by atoms with E-state index in [1.54, 1.807) is 43.4 Å². The Labute approximate surface area is 148 Å². The Morgan fingerprint density at radius 3 is 2.28 bits per heavy atom. The molecule has 0 fully saturated rings. The minimum Gasteiger partial charge on any atom is -0.392 e. The highest BCUT2D eigenvalue weighted by Crippen LogP contribution is 2.64. The summed E-state index contributed by atoms with van der Waals surface area (Å²) in [4.78, 5) is 0. The summed E-state index contributed by atoms with van der Waals surface area (Å²) < 4.78 is 38.7. The van der Waals surface area contributed by atoms with Crippen LogP contribution in [0, 0.1) is 5.82 Å². The van der Waals surface area contributed by atoms with Gasteiger partial charge in [-0.25, -0.2) is 8.70 Å². The van der Waals surface area contributed by atoms with Gasteiger partial charge in [-0.05, 0) is 48.7 Å². The molecule has 2 aromatic carbocycles. The van der Waals surface area contributed by atoms with Gasteiger partial charge in [0.1, 0.15) is 11.5 Å². The van der Waals surface area contributed by atoms with Gasteiger partial charge in [0, 0.05) is 13.1 Å². The fourth-order valence-electron chi connectivity index (χ4n) is 2.93. The van der Waals surface area contributed by atoms with Crippen LogP contribution in [0.1, 0.15) is 6.42 Å². The number of nitrogens with zero attached hydrogens (tertiary/aromatic N) is 2. The van der Waals surface area contributed by atoms with E-state index in [2.05, 4.69) is 5.32 Å². The van der Waals surface area contributed by atoms with Gasteiger partial charge in [-0.2, -0.15) is 0 Å². The highest BCUT2D eigenvalue weighted by atomic mass is 32.3. The van der Waals surface area contributed by atoms with Crippen LogP contribution in [0.3, 0.4) is 0 Å². The first-order chi connectivity index (χ1) is 12.0. The molecule has 0 amide bonds. The molecule has 6 nitrogen and oxygen atoms in total. The summed E-state index contributed by atoms with van der Waals surface area (Å²) >= 11 is 0. The number of rotatable bonds is 6. The molecular weight excluding hydrogens is 345 g/mol. The van der Waals surface area contributed by atoms with Crippen LogP contribution in [0.15, 0.2) is 48.5 Å². The van der Waals surface area contributed by atoms with E-state index in [-0.39, 0.29) is 12.2 Å². The molecule has 0 aromatic heterocycles. The predicted molar refractivity (Wildman–Crippen MR) is 99.7 cm³/mol. The molecule has 4 N–H and O–H groups in total. The molecule has 1 atom stereocenters. The zero-order valence-electron chi connectivity index (χ0n) is 13.8. The first-order valence-corrected chi connectivity index (χ1v) is 9.45. The van der Waals surface area contributed by atoms with E-state index in [4.69, 9.17) is 0 Å². The summed E-state index contributed by atoms with van der Waals surface area (Å²) in [5, 5.41) is 12.8. The fourth-order valence-corrected chi connectivity index (χ4v) is 4.73. The van der Waals surface area contributed by atoms with Crippen LogP contribution in [0.5, 0.6) is 0 Å². The van der Waals surface area contributed by atoms with Gasteiger partial charge in [0.05, 0.1) is 17.5 Å². The molecule has 0 saturated carbocycles. The third kappa shape index (κ3) is 3.31. The first kappa shape index (κ1) is 18.0. The summed E-state index contributed by atoms with van der Waals surface area (Å²) in [6.45, 7) is 0.638. The normalized spacial score (nSPS) is 18.1. The SMILES string of the molecule is CNCC(O)CCN1c2ccccc2N(c2ccccc2F)S1(O)O. The number of likely N-dealkylation sites (N-methyl/N-ethyl adjacent to an activating group) is 1. The van der Waals surface area contributed by atoms with Crippen LogP contribution in [-0.4, -0.2) is 40.5 Å². The summed E-state index contributed by atoms with van der Waals surface area (Å²) in [6, 6.07) is 13.0. The van der Waals surface area contributed by atoms with Gasteiger partial charge in [0.15, 0.2) is 0 Å². The van der Waals surface area contributed by atoms with Gasteiger partial charge >= 0.3 is 0 Å². The quantitative estimate of drug-likeness (QED) is 0.627. The third-order valence-electron chi connectivity index (χ3n) is 4.09. The number of aliphatic hydroxyl groups excluding tert-OH is 1. The van der Waals surface area contributed by atoms with Crippen molar-refractivity contribution in [3.05, 3.63) is 54.3 Å². The molecule has 0 radical (unpaired) electrons. The molecule has 136 valence electrons. The molecule has 25 heavy (non-hydrogen) atoms. The van der Waals surface area contributed by atoms with Crippen LogP contribution in [0.25, 0.3) is 0 Å². The molecule has 1 aliphatic rings. The smallest absolute Gasteiger partial charge is 0.148 e. The van der Waals surface area contributed by atoms with Crippen molar-refractivity contribution in [1.82, 2.24) is 5.32 Å². The fraction of sp³-hybridized carbons (Fsp3) is 0.294. The van der Waals surface area contributed by atoms with Crippen LogP contribution < -0.4 is 13.9 Å². The highest BCUT2D eigenvalue weighted by molar-refractivity contribution is 8.27. The Bertz CT molecular complexity index is 747. The van der Waals surface area contributed by atoms with Crippen LogP contribution in [-0.2, 0) is 0 Å². The molecule has 0 saturated heterocycles. The maximum Gasteiger partial charge on any atom is 0.148 e. The molecule has 2 aromatic rings. The molecule has 1 heterocycles. The molecular formula is C17H22FN3O3S. The highest BCUT2D eigenvalue weighted by Gasteiger charge is 2.42. The minimum absolute atomic E-state index is 0.105. The second-order valence-electron chi connectivity index (χ2n) is 5.83. The second-order valence-corrected chi connectivity index (χ2v) is 7.61. The molecule has 1 aliphatic heterocycles. The summed E-state index contributed by atoms with van der Waals surface area (Å²) in [6.07, 6.45) is -0.272. The van der Waals surface area contributed by atoms with Crippen molar-refractivity contribution in [3.8, 4) is 0 Å². The van der Waals surface area contributed by atoms with E-state index in [0.29, 0.717) is 24.3 Å². The van der Waals surface area contributed by atoms with Crippen molar-refractivity contribution in [3.63, 3.8) is 0 Å². The molecule has 0 bridgehead atoms. The van der Waals surface area contributed by atoms with Crippen molar-refractivity contribution in [2.75, 3.05) is 28.7 Å². The van der Waals surface area contributed by atoms with Crippen molar-refractivity contribution in [2.45, 2.75) is 12.5 Å². The van der Waals surface area contributed by atoms with E-state index >= 15 is 0 Å². The Kier molecular flexibility index (Phi) is 5.16. The van der Waals surface area contributed by atoms with E-state index < -0.39 is 22.9 Å². The minimum atomic E-state index is -3.48. The Morgan fingerprint density at radius 1 is 1.04 bits per heavy atom. The van der Waals surface area contributed by atoms with Crippen molar-refractivity contribution < 1.29 is 18.6 Å². The third-order valence-corrected chi connectivity index (χ3v) is 5.94. The van der Waals surface area contributed by atoms with Crippen molar-refractivity contribution in [2.24, 2.45) is 0 Å². The summed E-state index contributed by atoms with van der Waals surface area (Å²) in [5.74, 6) is -0.533. The maximum absolute atomic E-state index is 14.3. The number of aliphatic hydroxyl groups is 1. The van der Waals surface area contributed by atoms with E-state index in [0.717, 1.165) is 0 Å². The number of hydrogen-bond acceptors (Lipinski definition) is 6. The lowest BCUT2D eigenvalue weighted by Crippen LogP contribution is -2.35. The average Bonchev–Trinajstić information content (AvgIpc) is 2.80. The average molecular weight is 367 g/mol. The molecule has 0 spiro atoms. The van der Waals surface area contributed by atoms with Gasteiger partial charge in [0.25, 0.3) is 0 Å². The number of para-hydroxylation sites is 3. The van der Waals surface area contributed by atoms with E-state index in [1.165, 1.54) is 20.7 Å². The number of benzene rings is 2.